The zero-order valence-electron chi connectivity index (χ0n) is 18.9. The van der Waals surface area contributed by atoms with Gasteiger partial charge < -0.3 is 15.2 Å². The van der Waals surface area contributed by atoms with E-state index in [-0.39, 0.29) is 18.3 Å². The smallest absolute Gasteiger partial charge is 0.263 e. The molecule has 2 N–H and O–H groups in total. The van der Waals surface area contributed by atoms with Gasteiger partial charge in [-0.3, -0.25) is 9.78 Å². The molecule has 1 aliphatic heterocycles. The Bertz CT molecular complexity index is 1480. The maximum atomic E-state index is 11.9. The van der Waals surface area contributed by atoms with E-state index >= 15 is 0 Å². The van der Waals surface area contributed by atoms with Gasteiger partial charge in [-0.1, -0.05) is 23.4 Å². The lowest BCUT2D eigenvalue weighted by Gasteiger charge is -2.19. The summed E-state index contributed by atoms with van der Waals surface area (Å²) in [7, 11) is 0. The molecule has 11 nitrogen and oxygen atoms in total. The summed E-state index contributed by atoms with van der Waals surface area (Å²) in [5.74, 6) is 0.479. The average Bonchev–Trinajstić information content (AvgIpc) is 3.31. The van der Waals surface area contributed by atoms with Crippen LogP contribution in [0.1, 0.15) is 30.8 Å². The van der Waals surface area contributed by atoms with E-state index in [4.69, 9.17) is 4.74 Å². The Labute approximate surface area is 200 Å². The molecule has 174 valence electrons. The lowest BCUT2D eigenvalue weighted by atomic mass is 10.0. The number of aliphatic hydroxyl groups is 1. The Morgan fingerprint density at radius 3 is 2.83 bits per heavy atom. The largest absolute Gasteiger partial charge is 0.477 e. The van der Waals surface area contributed by atoms with Gasteiger partial charge in [-0.25, -0.2) is 14.6 Å². The number of ether oxygens (including phenoxy) is 1. The molecule has 0 fully saturated rings. The first-order chi connectivity index (χ1) is 16.8. The van der Waals surface area contributed by atoms with E-state index < -0.39 is 5.60 Å². The summed E-state index contributed by atoms with van der Waals surface area (Å²) in [6, 6.07) is 14.4. The molecule has 0 radical (unpaired) electrons. The number of nitrogens with zero attached hydrogens (tertiary/aromatic N) is 7. The molecule has 0 saturated heterocycles. The van der Waals surface area contributed by atoms with Gasteiger partial charge in [0, 0.05) is 5.56 Å². The van der Waals surface area contributed by atoms with Gasteiger partial charge in [0.25, 0.3) is 5.91 Å². The van der Waals surface area contributed by atoms with E-state index in [0.29, 0.717) is 52.0 Å². The van der Waals surface area contributed by atoms with E-state index in [1.807, 2.05) is 12.1 Å². The Morgan fingerprint density at radius 1 is 1.20 bits per heavy atom. The lowest BCUT2D eigenvalue weighted by molar-refractivity contribution is -0.118. The fraction of sp³-hybridized carbons (Fsp3) is 0.208. The van der Waals surface area contributed by atoms with Crippen molar-refractivity contribution in [3.05, 3.63) is 65.6 Å². The standard InChI is InChI=1S/C24H20N8O3/c1-24(2,34)18-8-4-7-16(26-18)11-32-12-17(30-31-32)20-21-23(27-19(33)13-35-21)29-22(28-20)15-6-3-5-14(9-15)10-25/h3-9,12,34H,11,13H2,1-2H3,(H,27,28,29,33). The molecule has 3 aromatic heterocycles. The van der Waals surface area contributed by atoms with Crippen LogP contribution >= 0.6 is 0 Å². The fourth-order valence-electron chi connectivity index (χ4n) is 3.57. The van der Waals surface area contributed by atoms with Crippen molar-refractivity contribution in [1.29, 1.82) is 5.26 Å². The maximum absolute atomic E-state index is 11.9. The summed E-state index contributed by atoms with van der Waals surface area (Å²) in [4.78, 5) is 25.5. The van der Waals surface area contributed by atoms with Crippen molar-refractivity contribution in [3.63, 3.8) is 0 Å². The number of hydrogen-bond donors (Lipinski definition) is 2. The van der Waals surface area contributed by atoms with E-state index in [1.54, 1.807) is 55.1 Å². The zero-order chi connectivity index (χ0) is 24.6. The minimum Gasteiger partial charge on any atom is -0.477 e. The number of anilines is 1. The summed E-state index contributed by atoms with van der Waals surface area (Å²) < 4.78 is 7.23. The van der Waals surface area contributed by atoms with Gasteiger partial charge in [0.05, 0.1) is 35.8 Å². The van der Waals surface area contributed by atoms with Crippen LogP contribution in [0.3, 0.4) is 0 Å². The number of amides is 1. The van der Waals surface area contributed by atoms with Crippen LogP contribution in [-0.4, -0.2) is 47.6 Å². The highest BCUT2D eigenvalue weighted by atomic mass is 16.5. The summed E-state index contributed by atoms with van der Waals surface area (Å²) in [5.41, 5.74) is 2.01. The number of pyridine rings is 1. The zero-order valence-corrected chi connectivity index (χ0v) is 18.9. The van der Waals surface area contributed by atoms with E-state index in [2.05, 4.69) is 36.7 Å². The van der Waals surface area contributed by atoms with Crippen molar-refractivity contribution in [2.24, 2.45) is 0 Å². The number of benzene rings is 1. The quantitative estimate of drug-likeness (QED) is 0.449. The van der Waals surface area contributed by atoms with Gasteiger partial charge in [0.1, 0.15) is 17.0 Å². The number of hydrogen-bond acceptors (Lipinski definition) is 9. The Kier molecular flexibility index (Phi) is 5.43. The third-order valence-electron chi connectivity index (χ3n) is 5.26. The minimum atomic E-state index is -1.06. The molecule has 5 rings (SSSR count). The predicted molar refractivity (Wildman–Crippen MR) is 124 cm³/mol. The minimum absolute atomic E-state index is 0.172. The summed E-state index contributed by atoms with van der Waals surface area (Å²) in [6.45, 7) is 3.49. The van der Waals surface area contributed by atoms with Crippen LogP contribution in [0, 0.1) is 11.3 Å². The number of carbonyl (C=O) groups is 1. The molecule has 0 bridgehead atoms. The van der Waals surface area contributed by atoms with Crippen LogP contribution in [0.2, 0.25) is 0 Å². The number of carbonyl (C=O) groups excluding carboxylic acids is 1. The molecule has 0 spiro atoms. The second-order valence-corrected chi connectivity index (χ2v) is 8.48. The van der Waals surface area contributed by atoms with Crippen LogP contribution in [0.4, 0.5) is 5.82 Å². The number of nitriles is 1. The van der Waals surface area contributed by atoms with Crippen molar-refractivity contribution >= 4 is 11.7 Å². The van der Waals surface area contributed by atoms with Crippen molar-refractivity contribution in [3.8, 4) is 34.6 Å². The van der Waals surface area contributed by atoms with Crippen molar-refractivity contribution < 1.29 is 14.6 Å². The predicted octanol–water partition coefficient (Wildman–Crippen LogP) is 2.28. The molecule has 35 heavy (non-hydrogen) atoms. The van der Waals surface area contributed by atoms with Crippen molar-refractivity contribution in [2.45, 2.75) is 26.0 Å². The summed E-state index contributed by atoms with van der Waals surface area (Å²) >= 11 is 0. The highest BCUT2D eigenvalue weighted by Gasteiger charge is 2.26. The van der Waals surface area contributed by atoms with E-state index in [9.17, 15) is 15.2 Å². The monoisotopic (exact) mass is 468 g/mol. The Hall–Kier alpha value is -4.69. The molecule has 1 aromatic carbocycles. The summed E-state index contributed by atoms with van der Waals surface area (Å²) in [6.07, 6.45) is 1.69. The lowest BCUT2D eigenvalue weighted by Crippen LogP contribution is -2.27. The highest BCUT2D eigenvalue weighted by Crippen LogP contribution is 2.37. The third kappa shape index (κ3) is 4.55. The number of fused-ring (bicyclic) bond motifs is 1. The van der Waals surface area contributed by atoms with Crippen LogP contribution in [0.25, 0.3) is 22.8 Å². The van der Waals surface area contributed by atoms with E-state index in [0.717, 1.165) is 0 Å². The first-order valence-corrected chi connectivity index (χ1v) is 10.7. The second kappa shape index (κ2) is 8.58. The molecule has 0 saturated carbocycles. The van der Waals surface area contributed by atoms with Gasteiger partial charge in [0.2, 0.25) is 0 Å². The summed E-state index contributed by atoms with van der Waals surface area (Å²) in [5, 5.41) is 30.6. The molecular formula is C24H20N8O3. The first kappa shape index (κ1) is 22.1. The molecule has 1 amide bonds. The van der Waals surface area contributed by atoms with E-state index in [1.165, 1.54) is 0 Å². The van der Waals surface area contributed by atoms with Gasteiger partial charge in [0.15, 0.2) is 24.0 Å². The molecule has 4 heterocycles. The SMILES string of the molecule is CC(C)(O)c1cccc(Cn2cc(-c3nc(-c4cccc(C#N)c4)nc4c3OCC(=O)N4)nn2)n1. The third-order valence-corrected chi connectivity index (χ3v) is 5.26. The van der Waals surface area contributed by atoms with Gasteiger partial charge in [-0.05, 0) is 38.1 Å². The van der Waals surface area contributed by atoms with Crippen LogP contribution in [0.15, 0.2) is 48.7 Å². The van der Waals surface area contributed by atoms with Crippen molar-refractivity contribution in [2.75, 3.05) is 11.9 Å². The maximum Gasteiger partial charge on any atom is 0.263 e. The molecule has 0 atom stereocenters. The topological polar surface area (TPSA) is 152 Å². The average molecular weight is 468 g/mol. The van der Waals surface area contributed by atoms with Gasteiger partial charge in [-0.15, -0.1) is 5.10 Å². The second-order valence-electron chi connectivity index (χ2n) is 8.48. The number of nitrogens with one attached hydrogen (secondary N) is 1. The molecular weight excluding hydrogens is 448 g/mol. The number of rotatable bonds is 5. The molecule has 1 aliphatic rings. The Morgan fingerprint density at radius 2 is 2.03 bits per heavy atom. The normalized spacial score (nSPS) is 12.9. The van der Waals surface area contributed by atoms with Crippen molar-refractivity contribution in [1.82, 2.24) is 29.9 Å². The van der Waals surface area contributed by atoms with Gasteiger partial charge >= 0.3 is 0 Å². The van der Waals surface area contributed by atoms with Crippen LogP contribution < -0.4 is 10.1 Å². The van der Waals surface area contributed by atoms with Gasteiger partial charge in [-0.2, -0.15) is 5.26 Å². The Balaban J connectivity index is 1.53. The molecule has 11 heteroatoms. The van der Waals surface area contributed by atoms with Crippen LogP contribution in [0.5, 0.6) is 5.75 Å². The first-order valence-electron chi connectivity index (χ1n) is 10.7. The molecule has 4 aromatic rings. The van der Waals surface area contributed by atoms with Crippen LogP contribution in [-0.2, 0) is 16.9 Å². The fourth-order valence-corrected chi connectivity index (χ4v) is 3.57. The number of aromatic nitrogens is 6. The molecule has 0 aliphatic carbocycles. The highest BCUT2D eigenvalue weighted by molar-refractivity contribution is 5.96. The molecule has 0 unspecified atom stereocenters.